The van der Waals surface area contributed by atoms with Crippen LogP contribution in [0.2, 0.25) is 5.02 Å². The number of carbonyl (C=O) groups excluding carboxylic acids is 1. The van der Waals surface area contributed by atoms with E-state index in [1.54, 1.807) is 24.7 Å². The third-order valence-electron chi connectivity index (χ3n) is 2.62. The molecule has 0 unspecified atom stereocenters. The topological polar surface area (TPSA) is 46.9 Å². The van der Waals surface area contributed by atoms with Gasteiger partial charge >= 0.3 is 0 Å². The standard InChI is InChI=1S/C13H13ClIN3O/c14-11-8-10(2-3-12(11)15)13(19)17-4-1-6-18-7-5-16-9-18/h2-3,5,7-9H,1,4,6H2,(H,17,19). The van der Waals surface area contributed by atoms with E-state index in [1.165, 1.54) is 0 Å². The van der Waals surface area contributed by atoms with E-state index in [-0.39, 0.29) is 5.91 Å². The van der Waals surface area contributed by atoms with Crippen LogP contribution in [0.1, 0.15) is 16.8 Å². The Morgan fingerprint density at radius 2 is 2.32 bits per heavy atom. The van der Waals surface area contributed by atoms with Gasteiger partial charge in [0, 0.05) is 34.6 Å². The van der Waals surface area contributed by atoms with Gasteiger partial charge < -0.3 is 9.88 Å². The largest absolute Gasteiger partial charge is 0.352 e. The van der Waals surface area contributed by atoms with E-state index < -0.39 is 0 Å². The first-order chi connectivity index (χ1) is 9.16. The predicted octanol–water partition coefficient (Wildman–Crippen LogP) is 2.96. The molecule has 0 radical (unpaired) electrons. The first kappa shape index (κ1) is 14.3. The Morgan fingerprint density at radius 3 is 3.00 bits per heavy atom. The van der Waals surface area contributed by atoms with Gasteiger partial charge in [0.25, 0.3) is 5.91 Å². The van der Waals surface area contributed by atoms with Crippen molar-refractivity contribution in [3.8, 4) is 0 Å². The van der Waals surface area contributed by atoms with Gasteiger partial charge in [0.05, 0.1) is 11.3 Å². The smallest absolute Gasteiger partial charge is 0.251 e. The molecule has 0 saturated carbocycles. The minimum atomic E-state index is -0.0936. The molecule has 0 aliphatic rings. The summed E-state index contributed by atoms with van der Waals surface area (Å²) in [4.78, 5) is 15.8. The molecular formula is C13H13ClIN3O. The van der Waals surface area contributed by atoms with Crippen molar-refractivity contribution in [1.29, 1.82) is 0 Å². The van der Waals surface area contributed by atoms with Crippen LogP contribution in [0.25, 0.3) is 0 Å². The van der Waals surface area contributed by atoms with Gasteiger partial charge in [0.15, 0.2) is 0 Å². The Bertz CT molecular complexity index is 557. The lowest BCUT2D eigenvalue weighted by Gasteiger charge is -2.06. The van der Waals surface area contributed by atoms with Gasteiger partial charge in [-0.15, -0.1) is 0 Å². The molecule has 0 aliphatic carbocycles. The highest BCUT2D eigenvalue weighted by molar-refractivity contribution is 14.1. The van der Waals surface area contributed by atoms with Crippen molar-refractivity contribution in [2.75, 3.05) is 6.54 Å². The van der Waals surface area contributed by atoms with Crippen LogP contribution in [0, 0.1) is 3.57 Å². The summed E-state index contributed by atoms with van der Waals surface area (Å²) in [5.74, 6) is -0.0936. The molecule has 2 rings (SSSR count). The minimum absolute atomic E-state index is 0.0936. The summed E-state index contributed by atoms with van der Waals surface area (Å²) in [6.07, 6.45) is 6.27. The number of aromatic nitrogens is 2. The number of nitrogens with zero attached hydrogens (tertiary/aromatic N) is 2. The fraction of sp³-hybridized carbons (Fsp3) is 0.231. The molecule has 0 spiro atoms. The molecule has 0 saturated heterocycles. The van der Waals surface area contributed by atoms with E-state index in [4.69, 9.17) is 11.6 Å². The maximum absolute atomic E-state index is 11.9. The fourth-order valence-electron chi connectivity index (χ4n) is 1.62. The molecule has 1 aromatic heterocycles. The molecule has 1 N–H and O–H groups in total. The molecule has 0 aliphatic heterocycles. The predicted molar refractivity (Wildman–Crippen MR) is 83.3 cm³/mol. The zero-order valence-corrected chi connectivity index (χ0v) is 13.1. The van der Waals surface area contributed by atoms with Crippen LogP contribution in [0.15, 0.2) is 36.9 Å². The van der Waals surface area contributed by atoms with E-state index in [0.29, 0.717) is 17.1 Å². The van der Waals surface area contributed by atoms with E-state index in [9.17, 15) is 4.79 Å². The number of halogens is 2. The second-order valence-corrected chi connectivity index (χ2v) is 5.61. The molecule has 19 heavy (non-hydrogen) atoms. The van der Waals surface area contributed by atoms with Gasteiger partial charge in [-0.05, 0) is 47.2 Å². The first-order valence-corrected chi connectivity index (χ1v) is 7.31. The van der Waals surface area contributed by atoms with Crippen LogP contribution in [-0.2, 0) is 6.54 Å². The molecule has 0 bridgehead atoms. The maximum Gasteiger partial charge on any atom is 0.251 e. The third-order valence-corrected chi connectivity index (χ3v) is 4.19. The van der Waals surface area contributed by atoms with Crippen LogP contribution in [-0.4, -0.2) is 22.0 Å². The molecule has 1 amide bonds. The van der Waals surface area contributed by atoms with Crippen molar-refractivity contribution in [3.63, 3.8) is 0 Å². The van der Waals surface area contributed by atoms with Crippen molar-refractivity contribution in [2.24, 2.45) is 0 Å². The number of carbonyl (C=O) groups is 1. The Hall–Kier alpha value is -1.08. The van der Waals surface area contributed by atoms with E-state index in [1.807, 2.05) is 16.8 Å². The zero-order chi connectivity index (χ0) is 13.7. The van der Waals surface area contributed by atoms with Crippen molar-refractivity contribution >= 4 is 40.1 Å². The van der Waals surface area contributed by atoms with Crippen LogP contribution >= 0.6 is 34.2 Å². The molecule has 1 heterocycles. The molecule has 100 valence electrons. The number of hydrogen-bond acceptors (Lipinski definition) is 2. The highest BCUT2D eigenvalue weighted by Gasteiger charge is 2.06. The maximum atomic E-state index is 11.9. The molecular weight excluding hydrogens is 377 g/mol. The summed E-state index contributed by atoms with van der Waals surface area (Å²) in [5.41, 5.74) is 0.591. The highest BCUT2D eigenvalue weighted by atomic mass is 127. The minimum Gasteiger partial charge on any atom is -0.352 e. The molecule has 0 atom stereocenters. The average molecular weight is 390 g/mol. The van der Waals surface area contributed by atoms with Gasteiger partial charge in [-0.3, -0.25) is 4.79 Å². The van der Waals surface area contributed by atoms with Gasteiger partial charge in [0.2, 0.25) is 0 Å². The van der Waals surface area contributed by atoms with Gasteiger partial charge in [-0.2, -0.15) is 0 Å². The summed E-state index contributed by atoms with van der Waals surface area (Å²) in [6, 6.07) is 5.30. The Labute approximate surface area is 130 Å². The van der Waals surface area contributed by atoms with E-state index >= 15 is 0 Å². The quantitative estimate of drug-likeness (QED) is 0.631. The fourth-order valence-corrected chi connectivity index (χ4v) is 2.14. The second-order valence-electron chi connectivity index (χ2n) is 4.04. The van der Waals surface area contributed by atoms with Crippen molar-refractivity contribution in [3.05, 3.63) is 51.1 Å². The number of imidazole rings is 1. The highest BCUT2D eigenvalue weighted by Crippen LogP contribution is 2.19. The van der Waals surface area contributed by atoms with Crippen molar-refractivity contribution in [1.82, 2.24) is 14.9 Å². The third kappa shape index (κ3) is 4.21. The molecule has 2 aromatic rings. The number of amides is 1. The van der Waals surface area contributed by atoms with Gasteiger partial charge in [-0.25, -0.2) is 4.98 Å². The SMILES string of the molecule is O=C(NCCCn1ccnc1)c1ccc(I)c(Cl)c1. The summed E-state index contributed by atoms with van der Waals surface area (Å²) in [5, 5.41) is 3.48. The number of hydrogen-bond donors (Lipinski definition) is 1. The van der Waals surface area contributed by atoms with Crippen molar-refractivity contribution < 1.29 is 4.79 Å². The second kappa shape index (κ2) is 6.91. The lowest BCUT2D eigenvalue weighted by atomic mass is 10.2. The Balaban J connectivity index is 1.79. The van der Waals surface area contributed by atoms with Crippen LogP contribution in [0.5, 0.6) is 0 Å². The van der Waals surface area contributed by atoms with E-state index in [2.05, 4.69) is 32.9 Å². The van der Waals surface area contributed by atoms with Gasteiger partial charge in [-0.1, -0.05) is 11.6 Å². The lowest BCUT2D eigenvalue weighted by Crippen LogP contribution is -2.25. The number of aryl methyl sites for hydroxylation is 1. The number of nitrogens with one attached hydrogen (secondary N) is 1. The molecule has 4 nitrogen and oxygen atoms in total. The first-order valence-electron chi connectivity index (χ1n) is 5.86. The average Bonchev–Trinajstić information content (AvgIpc) is 2.91. The normalized spacial score (nSPS) is 10.4. The summed E-state index contributed by atoms with van der Waals surface area (Å²) >= 11 is 8.12. The monoisotopic (exact) mass is 389 g/mol. The van der Waals surface area contributed by atoms with Gasteiger partial charge in [0.1, 0.15) is 0 Å². The molecule has 1 aromatic carbocycles. The molecule has 0 fully saturated rings. The van der Waals surface area contributed by atoms with E-state index in [0.717, 1.165) is 16.5 Å². The summed E-state index contributed by atoms with van der Waals surface area (Å²) in [7, 11) is 0. The summed E-state index contributed by atoms with van der Waals surface area (Å²) < 4.78 is 2.92. The molecule has 6 heteroatoms. The van der Waals surface area contributed by atoms with Crippen LogP contribution in [0.3, 0.4) is 0 Å². The number of benzene rings is 1. The van der Waals surface area contributed by atoms with Crippen LogP contribution < -0.4 is 5.32 Å². The summed E-state index contributed by atoms with van der Waals surface area (Å²) in [6.45, 7) is 1.47. The van der Waals surface area contributed by atoms with Crippen LogP contribution in [0.4, 0.5) is 0 Å². The zero-order valence-electron chi connectivity index (χ0n) is 10.1. The lowest BCUT2D eigenvalue weighted by molar-refractivity contribution is 0.0952. The van der Waals surface area contributed by atoms with Crippen molar-refractivity contribution in [2.45, 2.75) is 13.0 Å². The number of rotatable bonds is 5. The Morgan fingerprint density at radius 1 is 1.47 bits per heavy atom. The Kier molecular flexibility index (Phi) is 5.21.